The summed E-state index contributed by atoms with van der Waals surface area (Å²) < 4.78 is 0. The maximum absolute atomic E-state index is 12.5. The number of urea groups is 1. The highest BCUT2D eigenvalue weighted by molar-refractivity contribution is 7.99. The summed E-state index contributed by atoms with van der Waals surface area (Å²) in [4.78, 5) is 27.1. The summed E-state index contributed by atoms with van der Waals surface area (Å²) in [7, 11) is 0. The lowest BCUT2D eigenvalue weighted by atomic mass is 9.77. The van der Waals surface area contributed by atoms with E-state index in [9.17, 15) is 14.7 Å². The van der Waals surface area contributed by atoms with Crippen LogP contribution >= 0.6 is 11.8 Å². The van der Waals surface area contributed by atoms with E-state index in [0.29, 0.717) is 17.0 Å². The highest BCUT2D eigenvalue weighted by Crippen LogP contribution is 2.46. The Labute approximate surface area is 123 Å². The van der Waals surface area contributed by atoms with Crippen molar-refractivity contribution in [2.75, 3.05) is 24.7 Å². The van der Waals surface area contributed by atoms with Crippen LogP contribution in [0, 0.1) is 5.41 Å². The SMILES string of the molecule is O=C(O)[C@@H]1CSCN1C(=O)N1CCC2(CCCC2)CC1. The van der Waals surface area contributed by atoms with Gasteiger partial charge in [0, 0.05) is 18.8 Å². The maximum atomic E-state index is 12.5. The van der Waals surface area contributed by atoms with Crippen LogP contribution in [0.3, 0.4) is 0 Å². The number of piperidine rings is 1. The van der Waals surface area contributed by atoms with Gasteiger partial charge in [0.25, 0.3) is 0 Å². The lowest BCUT2D eigenvalue weighted by Crippen LogP contribution is -2.52. The van der Waals surface area contributed by atoms with E-state index in [1.807, 2.05) is 4.90 Å². The number of thioether (sulfide) groups is 1. The molecule has 112 valence electrons. The number of carbonyl (C=O) groups is 2. The van der Waals surface area contributed by atoms with Gasteiger partial charge in [0.15, 0.2) is 0 Å². The number of carboxylic acid groups (broad SMARTS) is 1. The van der Waals surface area contributed by atoms with E-state index in [-0.39, 0.29) is 6.03 Å². The number of carbonyl (C=O) groups excluding carboxylic acids is 1. The second kappa shape index (κ2) is 5.47. The zero-order chi connectivity index (χ0) is 14.2. The predicted octanol–water partition coefficient (Wildman–Crippen LogP) is 2.22. The molecule has 1 N–H and O–H groups in total. The van der Waals surface area contributed by atoms with Gasteiger partial charge in [0.05, 0.1) is 5.88 Å². The minimum atomic E-state index is -0.882. The van der Waals surface area contributed by atoms with Crippen molar-refractivity contribution >= 4 is 23.8 Å². The van der Waals surface area contributed by atoms with Crippen LogP contribution in [0.4, 0.5) is 4.79 Å². The van der Waals surface area contributed by atoms with Crippen LogP contribution in [0.5, 0.6) is 0 Å². The number of hydrogen-bond acceptors (Lipinski definition) is 3. The van der Waals surface area contributed by atoms with Crippen molar-refractivity contribution in [2.24, 2.45) is 5.41 Å². The second-order valence-corrected chi connectivity index (χ2v) is 7.30. The Morgan fingerprint density at radius 3 is 2.35 bits per heavy atom. The quantitative estimate of drug-likeness (QED) is 0.806. The smallest absolute Gasteiger partial charge is 0.327 e. The molecule has 2 aliphatic heterocycles. The number of rotatable bonds is 1. The molecule has 0 aromatic rings. The van der Waals surface area contributed by atoms with Crippen LogP contribution in [0.15, 0.2) is 0 Å². The summed E-state index contributed by atoms with van der Waals surface area (Å²) in [6, 6.07) is -0.717. The van der Waals surface area contributed by atoms with E-state index in [2.05, 4.69) is 0 Å². The predicted molar refractivity (Wildman–Crippen MR) is 77.7 cm³/mol. The van der Waals surface area contributed by atoms with Gasteiger partial charge in [-0.1, -0.05) is 12.8 Å². The first-order valence-corrected chi connectivity index (χ1v) is 8.63. The molecule has 6 heteroatoms. The van der Waals surface area contributed by atoms with E-state index in [1.165, 1.54) is 42.3 Å². The fourth-order valence-corrected chi connectivity index (χ4v) is 4.95. The summed E-state index contributed by atoms with van der Waals surface area (Å²) in [5, 5.41) is 9.17. The summed E-state index contributed by atoms with van der Waals surface area (Å²) in [6.45, 7) is 1.60. The molecule has 0 radical (unpaired) electrons. The molecular formula is C14H22N2O3S. The third-order valence-electron chi connectivity index (χ3n) is 5.17. The van der Waals surface area contributed by atoms with Gasteiger partial charge >= 0.3 is 12.0 Å². The number of amides is 2. The van der Waals surface area contributed by atoms with Gasteiger partial charge in [-0.2, -0.15) is 0 Å². The molecule has 1 spiro atoms. The minimum absolute atomic E-state index is 0.0738. The van der Waals surface area contributed by atoms with Gasteiger partial charge in [-0.3, -0.25) is 0 Å². The van der Waals surface area contributed by atoms with Gasteiger partial charge < -0.3 is 14.9 Å². The fourth-order valence-electron chi connectivity index (χ4n) is 3.81. The van der Waals surface area contributed by atoms with Gasteiger partial charge in [-0.25, -0.2) is 9.59 Å². The molecule has 3 fully saturated rings. The molecule has 3 rings (SSSR count). The summed E-state index contributed by atoms with van der Waals surface area (Å²) in [5.41, 5.74) is 0.489. The Morgan fingerprint density at radius 1 is 1.10 bits per heavy atom. The molecule has 0 aromatic heterocycles. The lowest BCUT2D eigenvalue weighted by Gasteiger charge is -2.41. The minimum Gasteiger partial charge on any atom is -0.480 e. The molecule has 5 nitrogen and oxygen atoms in total. The standard InChI is InChI=1S/C14H22N2O3S/c17-12(18)11-9-20-10-16(11)13(19)15-7-5-14(6-8-15)3-1-2-4-14/h11H,1-10H2,(H,17,18)/t11-/m0/s1. The van der Waals surface area contributed by atoms with Crippen molar-refractivity contribution < 1.29 is 14.7 Å². The van der Waals surface area contributed by atoms with Crippen LogP contribution in [-0.4, -0.2) is 57.7 Å². The van der Waals surface area contributed by atoms with E-state index in [4.69, 9.17) is 0 Å². The van der Waals surface area contributed by atoms with Crippen LogP contribution in [0.1, 0.15) is 38.5 Å². The summed E-state index contributed by atoms with van der Waals surface area (Å²) in [6.07, 6.45) is 7.48. The van der Waals surface area contributed by atoms with Crippen molar-refractivity contribution in [1.82, 2.24) is 9.80 Å². The van der Waals surface area contributed by atoms with Gasteiger partial charge in [0.1, 0.15) is 6.04 Å². The average Bonchev–Trinajstić information content (AvgIpc) is 3.08. The van der Waals surface area contributed by atoms with Crippen molar-refractivity contribution in [3.8, 4) is 0 Å². The summed E-state index contributed by atoms with van der Waals surface area (Å²) in [5.74, 6) is 0.142. The first kappa shape index (κ1) is 14.0. The molecule has 0 aromatic carbocycles. The third-order valence-corrected chi connectivity index (χ3v) is 6.18. The van der Waals surface area contributed by atoms with Crippen LogP contribution in [0.25, 0.3) is 0 Å². The highest BCUT2D eigenvalue weighted by Gasteiger charge is 2.41. The molecule has 2 amide bonds. The average molecular weight is 298 g/mol. The van der Waals surface area contributed by atoms with E-state index in [0.717, 1.165) is 25.9 Å². The topological polar surface area (TPSA) is 60.9 Å². The zero-order valence-electron chi connectivity index (χ0n) is 11.7. The Bertz CT molecular complexity index is 399. The molecule has 0 bridgehead atoms. The molecule has 1 atom stereocenters. The van der Waals surface area contributed by atoms with Crippen molar-refractivity contribution in [3.63, 3.8) is 0 Å². The number of likely N-dealkylation sites (tertiary alicyclic amines) is 1. The first-order valence-electron chi connectivity index (χ1n) is 7.47. The molecule has 2 saturated heterocycles. The molecular weight excluding hydrogens is 276 g/mol. The highest BCUT2D eigenvalue weighted by atomic mass is 32.2. The fraction of sp³-hybridized carbons (Fsp3) is 0.857. The third kappa shape index (κ3) is 2.50. The van der Waals surface area contributed by atoms with Crippen molar-refractivity contribution in [1.29, 1.82) is 0 Å². The second-order valence-electron chi connectivity index (χ2n) is 6.30. The Morgan fingerprint density at radius 2 is 1.75 bits per heavy atom. The van der Waals surface area contributed by atoms with Gasteiger partial charge in [-0.15, -0.1) is 11.8 Å². The van der Waals surface area contributed by atoms with Crippen LogP contribution in [0.2, 0.25) is 0 Å². The molecule has 3 aliphatic rings. The van der Waals surface area contributed by atoms with Crippen molar-refractivity contribution in [2.45, 2.75) is 44.6 Å². The molecule has 1 saturated carbocycles. The Kier molecular flexibility index (Phi) is 3.84. The lowest BCUT2D eigenvalue weighted by molar-refractivity contribution is -0.141. The number of aliphatic carboxylic acids is 1. The van der Waals surface area contributed by atoms with E-state index >= 15 is 0 Å². The molecule has 2 heterocycles. The first-order chi connectivity index (χ1) is 9.61. The van der Waals surface area contributed by atoms with Crippen LogP contribution < -0.4 is 0 Å². The number of carboxylic acids is 1. The van der Waals surface area contributed by atoms with E-state index < -0.39 is 12.0 Å². The Balaban J connectivity index is 1.60. The van der Waals surface area contributed by atoms with Crippen molar-refractivity contribution in [3.05, 3.63) is 0 Å². The van der Waals surface area contributed by atoms with Gasteiger partial charge in [0.2, 0.25) is 0 Å². The molecule has 20 heavy (non-hydrogen) atoms. The summed E-state index contributed by atoms with van der Waals surface area (Å²) >= 11 is 1.53. The number of nitrogens with zero attached hydrogens (tertiary/aromatic N) is 2. The van der Waals surface area contributed by atoms with E-state index in [1.54, 1.807) is 0 Å². The largest absolute Gasteiger partial charge is 0.480 e. The molecule has 0 unspecified atom stereocenters. The Hall–Kier alpha value is -0.910. The van der Waals surface area contributed by atoms with Gasteiger partial charge in [-0.05, 0) is 31.1 Å². The molecule has 1 aliphatic carbocycles. The van der Waals surface area contributed by atoms with Crippen LogP contribution in [-0.2, 0) is 4.79 Å². The monoisotopic (exact) mass is 298 g/mol. The normalized spacial score (nSPS) is 29.1. The zero-order valence-corrected chi connectivity index (χ0v) is 12.5. The maximum Gasteiger partial charge on any atom is 0.327 e. The number of hydrogen-bond donors (Lipinski definition) is 1.